The van der Waals surface area contributed by atoms with Crippen molar-refractivity contribution in [3.05, 3.63) is 30.3 Å². The molecule has 2 rings (SSSR count). The van der Waals surface area contributed by atoms with Gasteiger partial charge >= 0.3 is 0 Å². The third-order valence-corrected chi connectivity index (χ3v) is 3.06. The van der Waals surface area contributed by atoms with Crippen LogP contribution in [0.25, 0.3) is 5.70 Å². The highest BCUT2D eigenvalue weighted by Crippen LogP contribution is 2.26. The van der Waals surface area contributed by atoms with E-state index in [2.05, 4.69) is 22.4 Å². The molecule has 1 saturated heterocycles. The van der Waals surface area contributed by atoms with E-state index < -0.39 is 0 Å². The first-order chi connectivity index (χ1) is 8.56. The van der Waals surface area contributed by atoms with Crippen LogP contribution in [0, 0.1) is 0 Å². The minimum atomic E-state index is -0.105. The fraction of sp³-hybridized carbons (Fsp3) is 0.0909. The minimum absolute atomic E-state index is 0.0157. The van der Waals surface area contributed by atoms with Gasteiger partial charge in [0.25, 0.3) is 0 Å². The molecule has 0 atom stereocenters. The Kier molecular flexibility index (Phi) is 3.42. The van der Waals surface area contributed by atoms with Crippen LogP contribution in [-0.2, 0) is 4.79 Å². The summed E-state index contributed by atoms with van der Waals surface area (Å²) in [7, 11) is 0. The Balaban J connectivity index is 2.08. The third-order valence-electron chi connectivity index (χ3n) is 2.18. The van der Waals surface area contributed by atoms with E-state index in [1.807, 2.05) is 0 Å². The van der Waals surface area contributed by atoms with E-state index in [0.29, 0.717) is 22.2 Å². The summed E-state index contributed by atoms with van der Waals surface area (Å²) in [5, 5.41) is 25.8. The zero-order valence-electron chi connectivity index (χ0n) is 9.30. The minimum Gasteiger partial charge on any atom is -0.508 e. The normalized spacial score (nSPS) is 16.7. The number of rotatable bonds is 3. The second kappa shape index (κ2) is 5.01. The summed E-state index contributed by atoms with van der Waals surface area (Å²) in [6.07, 6.45) is 0. The maximum absolute atomic E-state index is 10.9. The molecule has 0 saturated carbocycles. The zero-order chi connectivity index (χ0) is 13.1. The van der Waals surface area contributed by atoms with Gasteiger partial charge in [-0.2, -0.15) is 0 Å². The molecule has 4 N–H and O–H groups in total. The second-order valence-corrected chi connectivity index (χ2v) is 4.51. The Labute approximate surface area is 107 Å². The van der Waals surface area contributed by atoms with Crippen molar-refractivity contribution >= 4 is 28.5 Å². The molecule has 0 aliphatic carbocycles. The number of amides is 1. The number of nitrogens with zero attached hydrogens (tertiary/aromatic N) is 1. The largest absolute Gasteiger partial charge is 0.508 e. The maximum atomic E-state index is 10.9. The Morgan fingerprint density at radius 2 is 2.28 bits per heavy atom. The number of amidine groups is 1. The van der Waals surface area contributed by atoms with Crippen molar-refractivity contribution in [1.82, 2.24) is 10.7 Å². The zero-order valence-corrected chi connectivity index (χ0v) is 10.1. The van der Waals surface area contributed by atoms with Crippen molar-refractivity contribution in [2.24, 2.45) is 5.10 Å². The van der Waals surface area contributed by atoms with E-state index in [0.717, 1.165) is 0 Å². The molecule has 6 nitrogen and oxygen atoms in total. The lowest BCUT2D eigenvalue weighted by atomic mass is 10.1. The van der Waals surface area contributed by atoms with Crippen LogP contribution in [0.5, 0.6) is 11.5 Å². The van der Waals surface area contributed by atoms with E-state index in [9.17, 15) is 15.0 Å². The molecule has 1 amide bonds. The number of carbonyl (C=O) groups excluding carboxylic acids is 1. The Morgan fingerprint density at radius 1 is 1.50 bits per heavy atom. The van der Waals surface area contributed by atoms with Gasteiger partial charge in [0, 0.05) is 5.56 Å². The summed E-state index contributed by atoms with van der Waals surface area (Å²) in [4.78, 5) is 10.9. The number of phenols is 2. The van der Waals surface area contributed by atoms with Crippen molar-refractivity contribution in [1.29, 1.82) is 0 Å². The van der Waals surface area contributed by atoms with Crippen LogP contribution in [0.3, 0.4) is 0 Å². The number of hydrogen-bond acceptors (Lipinski definition) is 6. The molecule has 0 radical (unpaired) electrons. The predicted molar refractivity (Wildman–Crippen MR) is 70.0 cm³/mol. The van der Waals surface area contributed by atoms with Gasteiger partial charge in [-0.3, -0.25) is 10.2 Å². The van der Waals surface area contributed by atoms with Crippen LogP contribution in [0.15, 0.2) is 29.9 Å². The van der Waals surface area contributed by atoms with Gasteiger partial charge in [-0.15, -0.1) is 5.10 Å². The van der Waals surface area contributed by atoms with Crippen LogP contribution in [0.4, 0.5) is 0 Å². The summed E-state index contributed by atoms with van der Waals surface area (Å²) in [6.45, 7) is 3.70. The van der Waals surface area contributed by atoms with Gasteiger partial charge in [0.2, 0.25) is 5.91 Å². The molecule has 1 aromatic rings. The molecule has 0 spiro atoms. The molecular weight excluding hydrogens is 254 g/mol. The van der Waals surface area contributed by atoms with E-state index >= 15 is 0 Å². The van der Waals surface area contributed by atoms with E-state index in [1.165, 1.54) is 30.0 Å². The lowest BCUT2D eigenvalue weighted by Crippen LogP contribution is -2.22. The first kappa shape index (κ1) is 12.3. The average Bonchev–Trinajstić information content (AvgIpc) is 2.75. The van der Waals surface area contributed by atoms with E-state index in [1.54, 1.807) is 0 Å². The molecule has 0 aromatic heterocycles. The van der Waals surface area contributed by atoms with Crippen LogP contribution in [0.2, 0.25) is 0 Å². The Morgan fingerprint density at radius 3 is 2.94 bits per heavy atom. The van der Waals surface area contributed by atoms with Gasteiger partial charge in [0.1, 0.15) is 11.5 Å². The van der Waals surface area contributed by atoms with Gasteiger partial charge < -0.3 is 15.5 Å². The molecular formula is C11H11N3O3S. The molecule has 18 heavy (non-hydrogen) atoms. The fourth-order valence-corrected chi connectivity index (χ4v) is 1.97. The monoisotopic (exact) mass is 265 g/mol. The smallest absolute Gasteiger partial charge is 0.236 e. The lowest BCUT2D eigenvalue weighted by Gasteiger charge is -2.08. The summed E-state index contributed by atoms with van der Waals surface area (Å²) in [5.74, 6) is 0.228. The molecule has 1 aliphatic heterocycles. The van der Waals surface area contributed by atoms with Crippen molar-refractivity contribution < 1.29 is 15.0 Å². The molecule has 1 fully saturated rings. The van der Waals surface area contributed by atoms with Crippen molar-refractivity contribution in [2.75, 3.05) is 5.75 Å². The summed E-state index contributed by atoms with van der Waals surface area (Å²) >= 11 is 1.27. The first-order valence-electron chi connectivity index (χ1n) is 5.04. The van der Waals surface area contributed by atoms with Crippen LogP contribution in [0.1, 0.15) is 5.56 Å². The summed E-state index contributed by atoms with van der Waals surface area (Å²) < 4.78 is 0. The van der Waals surface area contributed by atoms with E-state index in [4.69, 9.17) is 0 Å². The quantitative estimate of drug-likeness (QED) is 0.479. The van der Waals surface area contributed by atoms with Gasteiger partial charge in [-0.1, -0.05) is 18.3 Å². The number of nitrogens with one attached hydrogen (secondary N) is 2. The third kappa shape index (κ3) is 2.75. The second-order valence-electron chi connectivity index (χ2n) is 3.55. The predicted octanol–water partition coefficient (Wildman–Crippen LogP) is 0.792. The van der Waals surface area contributed by atoms with Crippen LogP contribution in [-0.4, -0.2) is 27.0 Å². The fourth-order valence-electron chi connectivity index (χ4n) is 1.33. The number of phenolic OH excluding ortho intramolecular Hbond substituents is 2. The molecule has 1 heterocycles. The van der Waals surface area contributed by atoms with Gasteiger partial charge in [0.15, 0.2) is 5.17 Å². The SMILES string of the molecule is C=C(NN=C1NC(=O)CS1)c1cc(O)ccc1O. The average molecular weight is 265 g/mol. The number of benzene rings is 1. The maximum Gasteiger partial charge on any atom is 0.236 e. The van der Waals surface area contributed by atoms with E-state index in [-0.39, 0.29) is 17.4 Å². The van der Waals surface area contributed by atoms with Crippen molar-refractivity contribution in [2.45, 2.75) is 0 Å². The Bertz CT molecular complexity index is 542. The molecule has 0 unspecified atom stereocenters. The lowest BCUT2D eigenvalue weighted by molar-refractivity contribution is -0.116. The number of thioether (sulfide) groups is 1. The highest BCUT2D eigenvalue weighted by molar-refractivity contribution is 8.15. The molecule has 94 valence electrons. The van der Waals surface area contributed by atoms with Gasteiger partial charge in [-0.25, -0.2) is 0 Å². The molecule has 7 heteroatoms. The summed E-state index contributed by atoms with van der Waals surface area (Å²) in [6, 6.07) is 4.09. The topological polar surface area (TPSA) is 94.0 Å². The highest BCUT2D eigenvalue weighted by Gasteiger charge is 2.16. The van der Waals surface area contributed by atoms with Gasteiger partial charge in [-0.05, 0) is 18.2 Å². The van der Waals surface area contributed by atoms with Gasteiger partial charge in [0.05, 0.1) is 11.4 Å². The summed E-state index contributed by atoms with van der Waals surface area (Å²) in [5.41, 5.74) is 3.27. The molecule has 0 bridgehead atoms. The highest BCUT2D eigenvalue weighted by atomic mass is 32.2. The number of hydrogen-bond donors (Lipinski definition) is 4. The Hall–Kier alpha value is -2.15. The van der Waals surface area contributed by atoms with Crippen molar-refractivity contribution in [3.63, 3.8) is 0 Å². The van der Waals surface area contributed by atoms with Crippen LogP contribution >= 0.6 is 11.8 Å². The number of carbonyl (C=O) groups is 1. The standard InChI is InChI=1S/C11H11N3O3S/c1-6(8-4-7(15)2-3-9(8)16)13-14-11-12-10(17)5-18-11/h2-4,13,15-16H,1,5H2,(H,12,14,17). The number of aromatic hydroxyl groups is 2. The van der Waals surface area contributed by atoms with Crippen molar-refractivity contribution in [3.8, 4) is 11.5 Å². The number of hydrazone groups is 1. The molecule has 1 aliphatic rings. The first-order valence-corrected chi connectivity index (χ1v) is 6.02. The van der Waals surface area contributed by atoms with Crippen LogP contribution < -0.4 is 10.7 Å². The molecule has 1 aromatic carbocycles.